The summed E-state index contributed by atoms with van der Waals surface area (Å²) in [5, 5.41) is 12.2. The van der Waals surface area contributed by atoms with Crippen molar-refractivity contribution in [1.29, 1.82) is 0 Å². The number of nitrogens with one attached hydrogen (secondary N) is 1. The molecule has 5 nitrogen and oxygen atoms in total. The van der Waals surface area contributed by atoms with Crippen molar-refractivity contribution in [3.05, 3.63) is 35.9 Å². The van der Waals surface area contributed by atoms with Gasteiger partial charge in [0, 0.05) is 19.6 Å². The number of likely N-dealkylation sites (tertiary alicyclic amines) is 1. The van der Waals surface area contributed by atoms with E-state index in [0.29, 0.717) is 37.9 Å². The zero-order valence-corrected chi connectivity index (χ0v) is 14.1. The molecule has 2 atom stereocenters. The Kier molecular flexibility index (Phi) is 5.07. The summed E-state index contributed by atoms with van der Waals surface area (Å²) in [6, 6.07) is 10.4. The molecule has 0 bridgehead atoms. The first-order valence-electron chi connectivity index (χ1n) is 8.83. The SMILES string of the molecule is CC1CC(C(=O)O)CN(C(=O)NCC2CC(c3ccccc3)C2)C1. The Morgan fingerprint density at radius 2 is 1.88 bits per heavy atom. The van der Waals surface area contributed by atoms with E-state index in [4.69, 9.17) is 0 Å². The maximum absolute atomic E-state index is 12.3. The zero-order valence-electron chi connectivity index (χ0n) is 14.1. The summed E-state index contributed by atoms with van der Waals surface area (Å²) < 4.78 is 0. The van der Waals surface area contributed by atoms with E-state index < -0.39 is 11.9 Å². The van der Waals surface area contributed by atoms with E-state index in [0.717, 1.165) is 12.8 Å². The van der Waals surface area contributed by atoms with Crippen molar-refractivity contribution >= 4 is 12.0 Å². The lowest BCUT2D eigenvalue weighted by molar-refractivity contribution is -0.143. The molecule has 1 aliphatic carbocycles. The number of carbonyl (C=O) groups excluding carboxylic acids is 1. The summed E-state index contributed by atoms with van der Waals surface area (Å²) in [7, 11) is 0. The number of benzene rings is 1. The van der Waals surface area contributed by atoms with Crippen LogP contribution >= 0.6 is 0 Å². The van der Waals surface area contributed by atoms with E-state index in [2.05, 4.69) is 29.6 Å². The van der Waals surface area contributed by atoms with Gasteiger partial charge in [0.2, 0.25) is 0 Å². The van der Waals surface area contributed by atoms with Crippen LogP contribution in [0.4, 0.5) is 4.79 Å². The molecule has 3 rings (SSSR count). The van der Waals surface area contributed by atoms with Crippen LogP contribution in [0.25, 0.3) is 0 Å². The number of amides is 2. The minimum absolute atomic E-state index is 0.115. The van der Waals surface area contributed by atoms with Crippen molar-refractivity contribution in [2.45, 2.75) is 32.1 Å². The van der Waals surface area contributed by atoms with Gasteiger partial charge >= 0.3 is 12.0 Å². The zero-order chi connectivity index (χ0) is 17.1. The molecule has 2 unspecified atom stereocenters. The molecule has 24 heavy (non-hydrogen) atoms. The second kappa shape index (κ2) is 7.24. The number of hydrogen-bond acceptors (Lipinski definition) is 2. The predicted octanol–water partition coefficient (Wildman–Crippen LogP) is 2.93. The van der Waals surface area contributed by atoms with Crippen molar-refractivity contribution < 1.29 is 14.7 Å². The van der Waals surface area contributed by atoms with Gasteiger partial charge < -0.3 is 15.3 Å². The lowest BCUT2D eigenvalue weighted by atomic mass is 9.71. The fraction of sp³-hybridized carbons (Fsp3) is 0.579. The minimum atomic E-state index is -0.802. The first-order valence-corrected chi connectivity index (χ1v) is 8.83. The topological polar surface area (TPSA) is 69.6 Å². The van der Waals surface area contributed by atoms with Crippen LogP contribution in [-0.2, 0) is 4.79 Å². The van der Waals surface area contributed by atoms with Gasteiger partial charge in [0.05, 0.1) is 5.92 Å². The standard InChI is InChI=1S/C19H26N2O3/c1-13-7-17(18(22)23)12-21(11-13)19(24)20-10-14-8-16(9-14)15-5-3-2-4-6-15/h2-6,13-14,16-17H,7-12H2,1H3,(H,20,24)(H,22,23). The molecule has 1 aliphatic heterocycles. The van der Waals surface area contributed by atoms with Crippen LogP contribution in [0.2, 0.25) is 0 Å². The third-order valence-corrected chi connectivity index (χ3v) is 5.34. The van der Waals surface area contributed by atoms with Gasteiger partial charge in [0.15, 0.2) is 0 Å². The lowest BCUT2D eigenvalue weighted by Gasteiger charge is -2.38. The maximum atomic E-state index is 12.3. The van der Waals surface area contributed by atoms with E-state index in [-0.39, 0.29) is 11.9 Å². The number of carboxylic acid groups (broad SMARTS) is 1. The summed E-state index contributed by atoms with van der Waals surface area (Å²) >= 11 is 0. The maximum Gasteiger partial charge on any atom is 0.317 e. The highest BCUT2D eigenvalue weighted by atomic mass is 16.4. The number of carboxylic acids is 1. The van der Waals surface area contributed by atoms with Gasteiger partial charge in [-0.25, -0.2) is 4.79 Å². The predicted molar refractivity (Wildman–Crippen MR) is 91.8 cm³/mol. The molecule has 2 amide bonds. The van der Waals surface area contributed by atoms with E-state index in [9.17, 15) is 14.7 Å². The summed E-state index contributed by atoms with van der Waals surface area (Å²) in [6.45, 7) is 3.66. The number of hydrogen-bond donors (Lipinski definition) is 2. The molecule has 1 aromatic rings. The highest BCUT2D eigenvalue weighted by Gasteiger charge is 2.33. The first-order chi connectivity index (χ1) is 11.5. The second-order valence-electron chi connectivity index (χ2n) is 7.41. The van der Waals surface area contributed by atoms with Crippen LogP contribution < -0.4 is 5.32 Å². The van der Waals surface area contributed by atoms with Crippen LogP contribution in [0.15, 0.2) is 30.3 Å². The van der Waals surface area contributed by atoms with Gasteiger partial charge in [0.25, 0.3) is 0 Å². The van der Waals surface area contributed by atoms with Crippen molar-refractivity contribution in [1.82, 2.24) is 10.2 Å². The Morgan fingerprint density at radius 3 is 2.54 bits per heavy atom. The Bertz CT molecular complexity index is 584. The van der Waals surface area contributed by atoms with Gasteiger partial charge in [0.1, 0.15) is 0 Å². The molecular formula is C19H26N2O3. The average Bonchev–Trinajstić information content (AvgIpc) is 2.53. The van der Waals surface area contributed by atoms with Crippen molar-refractivity contribution in [3.8, 4) is 0 Å². The molecule has 2 aliphatic rings. The van der Waals surface area contributed by atoms with Crippen LogP contribution in [0.1, 0.15) is 37.7 Å². The van der Waals surface area contributed by atoms with Crippen molar-refractivity contribution in [3.63, 3.8) is 0 Å². The molecule has 0 radical (unpaired) electrons. The first kappa shape index (κ1) is 16.8. The molecule has 2 fully saturated rings. The fourth-order valence-electron chi connectivity index (χ4n) is 3.94. The number of aliphatic carboxylic acids is 1. The van der Waals surface area contributed by atoms with E-state index in [1.807, 2.05) is 13.0 Å². The molecule has 130 valence electrons. The van der Waals surface area contributed by atoms with Gasteiger partial charge in [-0.15, -0.1) is 0 Å². The normalized spacial score (nSPS) is 29.6. The van der Waals surface area contributed by atoms with Gasteiger partial charge in [-0.05, 0) is 42.6 Å². The monoisotopic (exact) mass is 330 g/mol. The molecule has 1 saturated heterocycles. The molecule has 1 saturated carbocycles. The number of piperidine rings is 1. The van der Waals surface area contributed by atoms with E-state index in [1.165, 1.54) is 5.56 Å². The number of rotatable bonds is 4. The molecule has 1 aromatic carbocycles. The molecule has 0 spiro atoms. The summed E-state index contributed by atoms with van der Waals surface area (Å²) in [5.41, 5.74) is 1.38. The number of carbonyl (C=O) groups is 2. The van der Waals surface area contributed by atoms with Gasteiger partial charge in [-0.2, -0.15) is 0 Å². The number of nitrogens with zero attached hydrogens (tertiary/aromatic N) is 1. The van der Waals surface area contributed by atoms with Crippen molar-refractivity contribution in [2.75, 3.05) is 19.6 Å². The Hall–Kier alpha value is -2.04. The van der Waals surface area contributed by atoms with Gasteiger partial charge in [-0.3, -0.25) is 4.79 Å². The highest BCUT2D eigenvalue weighted by Crippen LogP contribution is 2.41. The number of urea groups is 1. The summed E-state index contributed by atoms with van der Waals surface area (Å²) in [4.78, 5) is 25.2. The lowest BCUT2D eigenvalue weighted by Crippen LogP contribution is -2.50. The van der Waals surface area contributed by atoms with Crippen LogP contribution in [0.5, 0.6) is 0 Å². The van der Waals surface area contributed by atoms with Crippen LogP contribution in [-0.4, -0.2) is 41.6 Å². The molecule has 1 heterocycles. The van der Waals surface area contributed by atoms with Crippen LogP contribution in [0, 0.1) is 17.8 Å². The Balaban J connectivity index is 1.42. The molecule has 5 heteroatoms. The summed E-state index contributed by atoms with van der Waals surface area (Å²) in [6.07, 6.45) is 2.87. The molecular weight excluding hydrogens is 304 g/mol. The second-order valence-corrected chi connectivity index (χ2v) is 7.41. The third kappa shape index (κ3) is 3.89. The molecule has 0 aromatic heterocycles. The fourth-order valence-corrected chi connectivity index (χ4v) is 3.94. The smallest absolute Gasteiger partial charge is 0.317 e. The van der Waals surface area contributed by atoms with Crippen molar-refractivity contribution in [2.24, 2.45) is 17.8 Å². The Morgan fingerprint density at radius 1 is 1.17 bits per heavy atom. The minimum Gasteiger partial charge on any atom is -0.481 e. The van der Waals surface area contributed by atoms with E-state index >= 15 is 0 Å². The largest absolute Gasteiger partial charge is 0.481 e. The summed E-state index contributed by atoms with van der Waals surface area (Å²) in [5.74, 6) is 0.127. The van der Waals surface area contributed by atoms with Crippen LogP contribution in [0.3, 0.4) is 0 Å². The van der Waals surface area contributed by atoms with E-state index in [1.54, 1.807) is 4.90 Å². The molecule has 2 N–H and O–H groups in total. The Labute approximate surface area is 143 Å². The highest BCUT2D eigenvalue weighted by molar-refractivity contribution is 5.76. The quantitative estimate of drug-likeness (QED) is 0.892. The van der Waals surface area contributed by atoms with Gasteiger partial charge in [-0.1, -0.05) is 37.3 Å². The third-order valence-electron chi connectivity index (χ3n) is 5.34. The average molecular weight is 330 g/mol.